The SMILES string of the molecule is CCCCCOC(=O)N1CCN(C(=O)[C@H](CCC(=O)OC(C)(C)C)NC(=O)c2cc(Cl)cc(-c3ccccc3)n2)CC1. The number of piperazine rings is 1. The molecule has 3 rings (SSSR count). The minimum absolute atomic E-state index is 0.0330. The molecule has 0 aliphatic carbocycles. The molecule has 1 aromatic heterocycles. The molecule has 2 aromatic rings. The highest BCUT2D eigenvalue weighted by Crippen LogP contribution is 2.22. The third kappa shape index (κ3) is 10.3. The van der Waals surface area contributed by atoms with Gasteiger partial charge in [0, 0.05) is 43.2 Å². The van der Waals surface area contributed by atoms with Gasteiger partial charge in [0.1, 0.15) is 17.3 Å². The summed E-state index contributed by atoms with van der Waals surface area (Å²) in [6.45, 7) is 8.90. The number of amides is 3. The average Bonchev–Trinajstić information content (AvgIpc) is 2.96. The van der Waals surface area contributed by atoms with Gasteiger partial charge in [-0.1, -0.05) is 61.7 Å². The molecule has 11 heteroatoms. The van der Waals surface area contributed by atoms with E-state index in [2.05, 4.69) is 17.2 Å². The quantitative estimate of drug-likeness (QED) is 0.282. The summed E-state index contributed by atoms with van der Waals surface area (Å²) < 4.78 is 10.7. The number of rotatable bonds is 11. The zero-order valence-electron chi connectivity index (χ0n) is 24.9. The van der Waals surface area contributed by atoms with Crippen LogP contribution in [0.5, 0.6) is 0 Å². The van der Waals surface area contributed by atoms with E-state index in [0.29, 0.717) is 30.4 Å². The van der Waals surface area contributed by atoms with Crippen LogP contribution in [0.15, 0.2) is 42.5 Å². The van der Waals surface area contributed by atoms with Gasteiger partial charge in [-0.15, -0.1) is 0 Å². The van der Waals surface area contributed by atoms with Crippen molar-refractivity contribution in [2.24, 2.45) is 0 Å². The van der Waals surface area contributed by atoms with Crippen molar-refractivity contribution in [3.8, 4) is 11.3 Å². The Morgan fingerprint density at radius 2 is 1.67 bits per heavy atom. The molecule has 228 valence electrons. The van der Waals surface area contributed by atoms with Crippen LogP contribution in [0.3, 0.4) is 0 Å². The maximum atomic E-state index is 13.6. The summed E-state index contributed by atoms with van der Waals surface area (Å²) in [5.74, 6) is -1.42. The summed E-state index contributed by atoms with van der Waals surface area (Å²) in [7, 11) is 0. The van der Waals surface area contributed by atoms with Gasteiger partial charge in [-0.05, 0) is 45.7 Å². The van der Waals surface area contributed by atoms with Crippen LogP contribution in [0.4, 0.5) is 4.79 Å². The number of esters is 1. The smallest absolute Gasteiger partial charge is 0.409 e. The highest BCUT2D eigenvalue weighted by Gasteiger charge is 2.32. The van der Waals surface area contributed by atoms with Gasteiger partial charge in [0.2, 0.25) is 5.91 Å². The van der Waals surface area contributed by atoms with Crippen molar-refractivity contribution >= 4 is 35.5 Å². The number of nitrogens with one attached hydrogen (secondary N) is 1. The lowest BCUT2D eigenvalue weighted by Crippen LogP contribution is -2.56. The Morgan fingerprint density at radius 3 is 2.31 bits per heavy atom. The van der Waals surface area contributed by atoms with Gasteiger partial charge in [0.25, 0.3) is 5.91 Å². The number of ether oxygens (including phenoxy) is 2. The fourth-order valence-electron chi connectivity index (χ4n) is 4.45. The topological polar surface area (TPSA) is 118 Å². The Morgan fingerprint density at radius 1 is 1.00 bits per heavy atom. The highest BCUT2D eigenvalue weighted by atomic mass is 35.5. The van der Waals surface area contributed by atoms with E-state index < -0.39 is 29.6 Å². The number of nitrogens with zero attached hydrogens (tertiary/aromatic N) is 3. The molecule has 0 spiro atoms. The molecule has 10 nitrogen and oxygen atoms in total. The highest BCUT2D eigenvalue weighted by molar-refractivity contribution is 6.31. The van der Waals surface area contributed by atoms with Crippen molar-refractivity contribution < 1.29 is 28.7 Å². The summed E-state index contributed by atoms with van der Waals surface area (Å²) in [6, 6.07) is 11.4. The summed E-state index contributed by atoms with van der Waals surface area (Å²) in [4.78, 5) is 59.5. The molecule has 0 radical (unpaired) electrons. The second kappa shape index (κ2) is 15.5. The Labute approximate surface area is 252 Å². The van der Waals surface area contributed by atoms with E-state index in [0.717, 1.165) is 24.8 Å². The second-order valence-corrected chi connectivity index (χ2v) is 11.6. The molecule has 0 unspecified atom stereocenters. The molecule has 42 heavy (non-hydrogen) atoms. The Hall–Kier alpha value is -3.66. The fourth-order valence-corrected chi connectivity index (χ4v) is 4.65. The maximum Gasteiger partial charge on any atom is 0.409 e. The minimum Gasteiger partial charge on any atom is -0.460 e. The summed E-state index contributed by atoms with van der Waals surface area (Å²) in [5.41, 5.74) is 0.669. The molecule has 0 saturated carbocycles. The van der Waals surface area contributed by atoms with E-state index in [1.807, 2.05) is 30.3 Å². The summed E-state index contributed by atoms with van der Waals surface area (Å²) >= 11 is 6.32. The number of aromatic nitrogens is 1. The summed E-state index contributed by atoms with van der Waals surface area (Å²) in [6.07, 6.45) is 2.40. The van der Waals surface area contributed by atoms with Gasteiger partial charge >= 0.3 is 12.1 Å². The van der Waals surface area contributed by atoms with Crippen molar-refractivity contribution in [3.63, 3.8) is 0 Å². The number of hydrogen-bond acceptors (Lipinski definition) is 7. The van der Waals surface area contributed by atoms with Gasteiger partial charge in [-0.2, -0.15) is 0 Å². The van der Waals surface area contributed by atoms with Crippen LogP contribution in [-0.2, 0) is 19.1 Å². The van der Waals surface area contributed by atoms with Gasteiger partial charge in [-0.3, -0.25) is 14.4 Å². The largest absolute Gasteiger partial charge is 0.460 e. The molecular weight excluding hydrogens is 560 g/mol. The average molecular weight is 601 g/mol. The van der Waals surface area contributed by atoms with E-state index in [-0.39, 0.29) is 37.5 Å². The van der Waals surface area contributed by atoms with Crippen molar-refractivity contribution in [1.29, 1.82) is 0 Å². The first-order chi connectivity index (χ1) is 20.0. The van der Waals surface area contributed by atoms with Crippen LogP contribution in [0.25, 0.3) is 11.3 Å². The molecule has 1 atom stereocenters. The van der Waals surface area contributed by atoms with Crippen LogP contribution >= 0.6 is 11.6 Å². The zero-order chi connectivity index (χ0) is 30.7. The van der Waals surface area contributed by atoms with Crippen LogP contribution in [0.1, 0.15) is 70.3 Å². The maximum absolute atomic E-state index is 13.6. The van der Waals surface area contributed by atoms with E-state index >= 15 is 0 Å². The number of halogens is 1. The number of unbranched alkanes of at least 4 members (excludes halogenated alkanes) is 2. The molecule has 1 saturated heterocycles. The lowest BCUT2D eigenvalue weighted by atomic mass is 10.1. The number of pyridine rings is 1. The van der Waals surface area contributed by atoms with E-state index in [1.54, 1.807) is 36.6 Å². The Balaban J connectivity index is 1.70. The van der Waals surface area contributed by atoms with Gasteiger partial charge < -0.3 is 24.6 Å². The van der Waals surface area contributed by atoms with E-state index in [4.69, 9.17) is 21.1 Å². The number of carbonyl (C=O) groups excluding carboxylic acids is 4. The second-order valence-electron chi connectivity index (χ2n) is 11.2. The van der Waals surface area contributed by atoms with E-state index in [1.165, 1.54) is 6.07 Å². The predicted octanol–water partition coefficient (Wildman–Crippen LogP) is 5.09. The third-order valence-electron chi connectivity index (χ3n) is 6.58. The Kier molecular flexibility index (Phi) is 12.2. The van der Waals surface area contributed by atoms with Crippen LogP contribution < -0.4 is 5.32 Å². The van der Waals surface area contributed by atoms with Crippen molar-refractivity contribution in [1.82, 2.24) is 20.1 Å². The van der Waals surface area contributed by atoms with Crippen molar-refractivity contribution in [2.75, 3.05) is 32.8 Å². The Bertz CT molecular complexity index is 1230. The number of hydrogen-bond donors (Lipinski definition) is 1. The van der Waals surface area contributed by atoms with Crippen LogP contribution in [-0.4, -0.2) is 83.1 Å². The first kappa shape index (κ1) is 32.8. The molecule has 1 fully saturated rings. The lowest BCUT2D eigenvalue weighted by molar-refractivity contribution is -0.155. The molecular formula is C31H41ClN4O6. The van der Waals surface area contributed by atoms with Crippen molar-refractivity contribution in [3.05, 3.63) is 53.2 Å². The monoisotopic (exact) mass is 600 g/mol. The molecule has 3 amide bonds. The van der Waals surface area contributed by atoms with E-state index in [9.17, 15) is 19.2 Å². The van der Waals surface area contributed by atoms with Gasteiger partial charge in [-0.25, -0.2) is 9.78 Å². The standard InChI is InChI=1S/C31H41ClN4O6/c1-5-6-10-19-41-30(40)36-17-15-35(16-18-36)29(39)24(13-14-27(37)42-31(2,3)4)34-28(38)26-21-23(32)20-25(33-26)22-11-8-7-9-12-22/h7-9,11-12,20-21,24H,5-6,10,13-19H2,1-4H3,(H,34,38)/t24-/m0/s1. The summed E-state index contributed by atoms with van der Waals surface area (Å²) in [5, 5.41) is 3.09. The zero-order valence-corrected chi connectivity index (χ0v) is 25.6. The predicted molar refractivity (Wildman–Crippen MR) is 160 cm³/mol. The lowest BCUT2D eigenvalue weighted by Gasteiger charge is -2.36. The van der Waals surface area contributed by atoms with Crippen LogP contribution in [0.2, 0.25) is 5.02 Å². The molecule has 2 heterocycles. The minimum atomic E-state index is -1.02. The number of benzene rings is 1. The number of carbonyl (C=O) groups is 4. The molecule has 1 N–H and O–H groups in total. The fraction of sp³-hybridized carbons (Fsp3) is 0.516. The molecule has 0 bridgehead atoms. The third-order valence-corrected chi connectivity index (χ3v) is 6.79. The van der Waals surface area contributed by atoms with Crippen molar-refractivity contribution in [2.45, 2.75) is 71.4 Å². The molecule has 1 aliphatic heterocycles. The first-order valence-corrected chi connectivity index (χ1v) is 14.8. The molecule has 1 aliphatic rings. The van der Waals surface area contributed by atoms with Crippen LogP contribution in [0, 0.1) is 0 Å². The molecule has 1 aromatic carbocycles. The van der Waals surface area contributed by atoms with Gasteiger partial charge in [0.15, 0.2) is 0 Å². The normalized spacial score (nSPS) is 14.2. The van der Waals surface area contributed by atoms with Gasteiger partial charge in [0.05, 0.1) is 12.3 Å². The first-order valence-electron chi connectivity index (χ1n) is 14.4.